The van der Waals surface area contributed by atoms with Gasteiger partial charge in [0.05, 0.1) is 19.8 Å². The summed E-state index contributed by atoms with van der Waals surface area (Å²) in [6.45, 7) is 3.08. The maximum Gasteiger partial charge on any atom is 0.430 e. The Morgan fingerprint density at radius 1 is 0.878 bits per heavy atom. The van der Waals surface area contributed by atoms with E-state index in [-0.39, 0.29) is 30.7 Å². The van der Waals surface area contributed by atoms with E-state index in [2.05, 4.69) is 0 Å². The number of amides is 1. The first-order valence-electron chi connectivity index (χ1n) is 13.1. The molecule has 3 aromatic carbocycles. The molecule has 9 heteroatoms. The van der Waals surface area contributed by atoms with Crippen LogP contribution in [0.4, 0.5) is 13.2 Å². The number of hydrogen-bond acceptors (Lipinski definition) is 5. The van der Waals surface area contributed by atoms with E-state index in [4.69, 9.17) is 14.2 Å². The minimum Gasteiger partial charge on any atom is -0.497 e. The number of ether oxygens (including phenoxy) is 3. The summed E-state index contributed by atoms with van der Waals surface area (Å²) in [6, 6.07) is 21.5. The molecule has 0 aliphatic rings. The van der Waals surface area contributed by atoms with E-state index in [1.54, 1.807) is 61.5 Å². The molecule has 3 rings (SSSR count). The molecular weight excluding hydrogens is 535 g/mol. The van der Waals surface area contributed by atoms with E-state index in [9.17, 15) is 9.59 Å². The summed E-state index contributed by atoms with van der Waals surface area (Å²) in [5, 5.41) is 0. The fourth-order valence-electron chi connectivity index (χ4n) is 4.59. The van der Waals surface area contributed by atoms with Gasteiger partial charge in [0.2, 0.25) is 0 Å². The van der Waals surface area contributed by atoms with Gasteiger partial charge >= 0.3 is 12.1 Å². The Kier molecular flexibility index (Phi) is 10.7. The van der Waals surface area contributed by atoms with Crippen LogP contribution in [-0.2, 0) is 37.6 Å². The van der Waals surface area contributed by atoms with E-state index in [1.165, 1.54) is 44.4 Å². The van der Waals surface area contributed by atoms with Crippen LogP contribution in [0.2, 0.25) is 0 Å². The molecule has 0 aliphatic carbocycles. The van der Waals surface area contributed by atoms with E-state index in [1.807, 2.05) is 6.07 Å². The maximum absolute atomic E-state index is 15.0. The lowest BCUT2D eigenvalue weighted by Crippen LogP contribution is -2.58. The summed E-state index contributed by atoms with van der Waals surface area (Å²) in [7, 11) is 2.37. The van der Waals surface area contributed by atoms with Gasteiger partial charge in [-0.25, -0.2) is 4.79 Å². The van der Waals surface area contributed by atoms with Crippen LogP contribution in [0.25, 0.3) is 0 Å². The van der Waals surface area contributed by atoms with Crippen molar-refractivity contribution >= 4 is 11.9 Å². The Hall–Kier alpha value is -4.11. The van der Waals surface area contributed by atoms with Gasteiger partial charge in [0.1, 0.15) is 5.75 Å². The van der Waals surface area contributed by atoms with E-state index < -0.39 is 29.7 Å². The Morgan fingerprint density at radius 3 is 1.98 bits per heavy atom. The topological polar surface area (TPSA) is 65.1 Å². The third-order valence-electron chi connectivity index (χ3n) is 6.69. The second-order valence-corrected chi connectivity index (χ2v) is 9.36. The minimum absolute atomic E-state index is 0.122. The zero-order chi connectivity index (χ0) is 30.0. The monoisotopic (exact) mass is 569 g/mol. The van der Waals surface area contributed by atoms with Crippen molar-refractivity contribution in [3.05, 3.63) is 113 Å². The lowest BCUT2D eigenvalue weighted by atomic mass is 9.89. The summed E-state index contributed by atoms with van der Waals surface area (Å²) in [5.74, 6) is -1.39. The van der Waals surface area contributed by atoms with Crippen LogP contribution in [0.15, 0.2) is 96.6 Å². The number of carbonyl (C=O) groups excluding carboxylic acids is 2. The highest BCUT2D eigenvalue weighted by atomic mass is 19.4. The van der Waals surface area contributed by atoms with Crippen molar-refractivity contribution in [3.8, 4) is 5.75 Å². The molecule has 1 amide bonds. The van der Waals surface area contributed by atoms with Crippen LogP contribution in [0, 0.1) is 0 Å². The number of carbonyl (C=O) groups is 2. The van der Waals surface area contributed by atoms with E-state index in [0.717, 1.165) is 17.6 Å². The molecule has 3 aromatic rings. The highest BCUT2D eigenvalue weighted by molar-refractivity contribution is 5.90. The van der Waals surface area contributed by atoms with Crippen LogP contribution in [0.1, 0.15) is 30.5 Å². The van der Waals surface area contributed by atoms with Gasteiger partial charge in [-0.3, -0.25) is 4.79 Å². The molecule has 0 spiro atoms. The molecule has 0 fully saturated rings. The normalized spacial score (nSPS) is 14.1. The third-order valence-corrected chi connectivity index (χ3v) is 6.69. The molecule has 0 N–H and O–H groups in total. The molecule has 0 saturated carbocycles. The van der Waals surface area contributed by atoms with Crippen LogP contribution >= 0.6 is 0 Å². The van der Waals surface area contributed by atoms with Gasteiger partial charge in [0.25, 0.3) is 11.5 Å². The number of benzene rings is 3. The predicted molar refractivity (Wildman–Crippen MR) is 149 cm³/mol. The van der Waals surface area contributed by atoms with Gasteiger partial charge in [0, 0.05) is 24.8 Å². The summed E-state index contributed by atoms with van der Waals surface area (Å²) >= 11 is 0. The van der Waals surface area contributed by atoms with Gasteiger partial charge in [0.15, 0.2) is 0 Å². The number of rotatable bonds is 12. The lowest BCUT2D eigenvalue weighted by Gasteiger charge is -2.40. The van der Waals surface area contributed by atoms with Crippen LogP contribution in [-0.4, -0.2) is 49.8 Å². The summed E-state index contributed by atoms with van der Waals surface area (Å²) in [6.07, 6.45) is -3.50. The van der Waals surface area contributed by atoms with Crippen molar-refractivity contribution in [3.63, 3.8) is 0 Å². The first-order valence-corrected chi connectivity index (χ1v) is 13.1. The summed E-state index contributed by atoms with van der Waals surface area (Å²) in [4.78, 5) is 28.1. The van der Waals surface area contributed by atoms with Crippen molar-refractivity contribution in [2.24, 2.45) is 0 Å². The Labute approximate surface area is 238 Å². The van der Waals surface area contributed by atoms with Crippen LogP contribution in [0.5, 0.6) is 5.75 Å². The van der Waals surface area contributed by atoms with Crippen LogP contribution < -0.4 is 4.74 Å². The quantitative estimate of drug-likeness (QED) is 0.191. The zero-order valence-electron chi connectivity index (χ0n) is 23.5. The molecule has 6 nitrogen and oxygen atoms in total. The molecule has 0 bridgehead atoms. The molecule has 0 saturated heterocycles. The maximum atomic E-state index is 15.0. The molecule has 2 atom stereocenters. The lowest BCUT2D eigenvalue weighted by molar-refractivity contribution is -0.271. The number of alkyl halides is 3. The Bertz CT molecular complexity index is 1310. The largest absolute Gasteiger partial charge is 0.497 e. The van der Waals surface area contributed by atoms with Gasteiger partial charge in [-0.1, -0.05) is 78.9 Å². The molecule has 0 aromatic heterocycles. The molecule has 0 aliphatic heterocycles. The Balaban J connectivity index is 2.24. The highest BCUT2D eigenvalue weighted by Gasteiger charge is 2.64. The van der Waals surface area contributed by atoms with E-state index in [0.29, 0.717) is 11.3 Å². The van der Waals surface area contributed by atoms with Gasteiger partial charge in [-0.15, -0.1) is 0 Å². The van der Waals surface area contributed by atoms with E-state index >= 15 is 13.2 Å². The fourth-order valence-corrected chi connectivity index (χ4v) is 4.59. The van der Waals surface area contributed by atoms with Crippen molar-refractivity contribution in [2.45, 2.75) is 44.6 Å². The predicted octanol–water partition coefficient (Wildman–Crippen LogP) is 6.25. The van der Waals surface area contributed by atoms with Crippen molar-refractivity contribution in [1.29, 1.82) is 0 Å². The SMILES string of the molecule is CCOC(=O)/C(C)=C/[C@@H](Cc1ccccc1)N(Cc1ccc(OC)cc1)C(=O)[C@@](OC)(c1ccccc1)C(F)(F)F. The number of esters is 1. The first kappa shape index (κ1) is 31.4. The fraction of sp³-hybridized carbons (Fsp3) is 0.312. The van der Waals surface area contributed by atoms with Crippen molar-refractivity contribution < 1.29 is 37.0 Å². The standard InChI is InChI=1S/C32H34F3NO5/c1-5-41-29(37)23(2)20-27(21-24-12-8-6-9-13-24)36(22-25-16-18-28(39-3)19-17-25)30(38)31(40-4,32(33,34)35)26-14-10-7-11-15-26/h6-20,27H,5,21-22H2,1-4H3/b23-20+/t27-,31-/m0/s1. The van der Waals surface area contributed by atoms with Gasteiger partial charge < -0.3 is 19.1 Å². The highest BCUT2D eigenvalue weighted by Crippen LogP contribution is 2.44. The van der Waals surface area contributed by atoms with Gasteiger partial charge in [-0.2, -0.15) is 13.2 Å². The van der Waals surface area contributed by atoms with Crippen molar-refractivity contribution in [2.75, 3.05) is 20.8 Å². The second-order valence-electron chi connectivity index (χ2n) is 9.36. The average molecular weight is 570 g/mol. The summed E-state index contributed by atoms with van der Waals surface area (Å²) < 4.78 is 60.5. The van der Waals surface area contributed by atoms with Crippen LogP contribution in [0.3, 0.4) is 0 Å². The first-order chi connectivity index (χ1) is 19.6. The molecule has 0 unspecified atom stereocenters. The smallest absolute Gasteiger partial charge is 0.430 e. The minimum atomic E-state index is -5.12. The molecule has 218 valence electrons. The van der Waals surface area contributed by atoms with Crippen molar-refractivity contribution in [1.82, 2.24) is 4.90 Å². The van der Waals surface area contributed by atoms with Gasteiger partial charge in [-0.05, 0) is 43.5 Å². The Morgan fingerprint density at radius 2 is 1.46 bits per heavy atom. The number of hydrogen-bond donors (Lipinski definition) is 0. The molecule has 41 heavy (non-hydrogen) atoms. The number of nitrogens with zero attached hydrogens (tertiary/aromatic N) is 1. The molecular formula is C32H34F3NO5. The summed E-state index contributed by atoms with van der Waals surface area (Å²) in [5.41, 5.74) is -2.19. The third kappa shape index (κ3) is 7.35. The number of halogens is 3. The second kappa shape index (κ2) is 14.0. The zero-order valence-corrected chi connectivity index (χ0v) is 23.5. The average Bonchev–Trinajstić information content (AvgIpc) is 2.97. The molecule has 0 heterocycles. The number of methoxy groups -OCH3 is 2. The molecule has 0 radical (unpaired) electrons.